The summed E-state index contributed by atoms with van der Waals surface area (Å²) in [5.41, 5.74) is 3.90. The van der Waals surface area contributed by atoms with Gasteiger partial charge in [-0.1, -0.05) is 19.1 Å². The fourth-order valence-corrected chi connectivity index (χ4v) is 4.16. The van der Waals surface area contributed by atoms with Crippen molar-refractivity contribution in [2.75, 3.05) is 20.3 Å². The van der Waals surface area contributed by atoms with Crippen LogP contribution in [0, 0.1) is 0 Å². The molecule has 8 heteroatoms. The maximum Gasteiger partial charge on any atom is 0.265 e. The molecular weight excluding hydrogens is 418 g/mol. The van der Waals surface area contributed by atoms with Crippen LogP contribution in [0.3, 0.4) is 0 Å². The minimum Gasteiger partial charge on any atom is -0.494 e. The van der Waals surface area contributed by atoms with Gasteiger partial charge in [-0.2, -0.15) is 0 Å². The molecule has 0 radical (unpaired) electrons. The van der Waals surface area contributed by atoms with Crippen LogP contribution in [0.5, 0.6) is 5.75 Å². The summed E-state index contributed by atoms with van der Waals surface area (Å²) < 4.78 is 14.4. The fraction of sp³-hybridized carbons (Fsp3) is 0.280. The quantitative estimate of drug-likeness (QED) is 0.379. The largest absolute Gasteiger partial charge is 0.494 e. The molecule has 5 aromatic rings. The molecule has 33 heavy (non-hydrogen) atoms. The lowest BCUT2D eigenvalue weighted by Crippen LogP contribution is -2.27. The summed E-state index contributed by atoms with van der Waals surface area (Å²) in [4.78, 5) is 28.4. The number of hydrogen-bond donors (Lipinski definition) is 0. The van der Waals surface area contributed by atoms with Crippen molar-refractivity contribution >= 4 is 33.2 Å². The molecule has 0 spiro atoms. The first-order chi connectivity index (χ1) is 16.2. The number of nitrogens with zero attached hydrogens (tertiary/aromatic N) is 5. The van der Waals surface area contributed by atoms with Crippen molar-refractivity contribution < 1.29 is 9.47 Å². The SMILES string of the molecule is CCOc1ccc(-n2c3nc4ccccc4nc3c3c(=O)n(CCOC)c(CC)nc32)cc1. The number of methoxy groups -OCH3 is 1. The molecule has 3 heterocycles. The van der Waals surface area contributed by atoms with E-state index in [1.54, 1.807) is 11.7 Å². The van der Waals surface area contributed by atoms with E-state index in [1.807, 2.05) is 66.9 Å². The summed E-state index contributed by atoms with van der Waals surface area (Å²) in [6.45, 7) is 5.39. The van der Waals surface area contributed by atoms with Crippen LogP contribution in [0.4, 0.5) is 0 Å². The van der Waals surface area contributed by atoms with E-state index >= 15 is 0 Å². The van der Waals surface area contributed by atoms with Crippen LogP contribution in [0.15, 0.2) is 53.3 Å². The first-order valence-electron chi connectivity index (χ1n) is 11.1. The predicted octanol–water partition coefficient (Wildman–Crippen LogP) is 3.89. The number of fused-ring (bicyclic) bond motifs is 4. The van der Waals surface area contributed by atoms with Gasteiger partial charge in [0, 0.05) is 19.2 Å². The lowest BCUT2D eigenvalue weighted by molar-refractivity contribution is 0.185. The number of ether oxygens (including phenoxy) is 2. The summed E-state index contributed by atoms with van der Waals surface area (Å²) in [5, 5.41) is 0.463. The minimum atomic E-state index is -0.131. The van der Waals surface area contributed by atoms with E-state index in [0.29, 0.717) is 54.2 Å². The Hall–Kier alpha value is -3.78. The van der Waals surface area contributed by atoms with E-state index in [1.165, 1.54) is 0 Å². The third-order valence-corrected chi connectivity index (χ3v) is 5.68. The first-order valence-corrected chi connectivity index (χ1v) is 11.1. The van der Waals surface area contributed by atoms with Crippen LogP contribution in [0.1, 0.15) is 19.7 Å². The molecular formula is C25H25N5O3. The molecule has 0 aliphatic heterocycles. The summed E-state index contributed by atoms with van der Waals surface area (Å²) in [6.07, 6.45) is 0.614. The minimum absolute atomic E-state index is 0.131. The molecule has 8 nitrogen and oxygen atoms in total. The Morgan fingerprint density at radius 2 is 1.64 bits per heavy atom. The third kappa shape index (κ3) is 3.52. The highest BCUT2D eigenvalue weighted by Crippen LogP contribution is 2.29. The Balaban J connectivity index is 1.89. The molecule has 0 aliphatic carbocycles. The van der Waals surface area contributed by atoms with E-state index < -0.39 is 0 Å². The molecule has 0 aliphatic rings. The van der Waals surface area contributed by atoms with E-state index in [2.05, 4.69) is 0 Å². The molecule has 0 saturated heterocycles. The van der Waals surface area contributed by atoms with Crippen molar-refractivity contribution in [1.29, 1.82) is 0 Å². The van der Waals surface area contributed by atoms with Gasteiger partial charge >= 0.3 is 0 Å². The normalized spacial score (nSPS) is 11.6. The molecule has 0 N–H and O–H groups in total. The number of benzene rings is 2. The second-order valence-corrected chi connectivity index (χ2v) is 7.68. The van der Waals surface area contributed by atoms with Crippen LogP contribution in [-0.4, -0.2) is 44.4 Å². The van der Waals surface area contributed by atoms with E-state index in [0.717, 1.165) is 22.5 Å². The van der Waals surface area contributed by atoms with Crippen LogP contribution < -0.4 is 10.3 Å². The van der Waals surface area contributed by atoms with E-state index in [-0.39, 0.29) is 5.56 Å². The van der Waals surface area contributed by atoms with Gasteiger partial charge in [-0.3, -0.25) is 13.9 Å². The molecule has 0 saturated carbocycles. The van der Waals surface area contributed by atoms with Crippen molar-refractivity contribution in [2.45, 2.75) is 26.8 Å². The maximum atomic E-state index is 13.7. The Labute approximate surface area is 190 Å². The first kappa shape index (κ1) is 21.1. The van der Waals surface area contributed by atoms with Gasteiger partial charge in [0.1, 0.15) is 22.5 Å². The molecule has 0 fully saturated rings. The zero-order valence-electron chi connectivity index (χ0n) is 18.9. The summed E-state index contributed by atoms with van der Waals surface area (Å²) in [5.74, 6) is 1.48. The van der Waals surface area contributed by atoms with Crippen LogP contribution in [-0.2, 0) is 17.7 Å². The highest BCUT2D eigenvalue weighted by Gasteiger charge is 2.22. The number of rotatable bonds is 7. The Kier molecular flexibility index (Phi) is 5.51. The number of aromatic nitrogens is 5. The standard InChI is InChI=1S/C25H25N5O3/c1-4-20-28-23-21(25(31)29(20)14-15-32-3)22-24(27-19-9-7-6-8-18(19)26-22)30(23)16-10-12-17(13-11-16)33-5-2/h6-13H,4-5,14-15H2,1-3H3. The van der Waals surface area contributed by atoms with Crippen molar-refractivity contribution in [3.63, 3.8) is 0 Å². The number of hydrogen-bond acceptors (Lipinski definition) is 6. The van der Waals surface area contributed by atoms with Gasteiger partial charge in [-0.15, -0.1) is 0 Å². The molecule has 5 rings (SSSR count). The van der Waals surface area contributed by atoms with E-state index in [9.17, 15) is 4.79 Å². The summed E-state index contributed by atoms with van der Waals surface area (Å²) in [6, 6.07) is 15.4. The number of para-hydroxylation sites is 2. The van der Waals surface area contributed by atoms with Crippen LogP contribution in [0.2, 0.25) is 0 Å². The molecule has 0 amide bonds. The van der Waals surface area contributed by atoms with Gasteiger partial charge in [0.05, 0.1) is 30.8 Å². The Morgan fingerprint density at radius 1 is 0.909 bits per heavy atom. The smallest absolute Gasteiger partial charge is 0.265 e. The zero-order chi connectivity index (χ0) is 22.9. The number of aryl methyl sites for hydroxylation is 1. The molecule has 3 aromatic heterocycles. The average Bonchev–Trinajstić information content (AvgIpc) is 3.15. The molecule has 0 bridgehead atoms. The van der Waals surface area contributed by atoms with Gasteiger partial charge in [0.2, 0.25) is 0 Å². The van der Waals surface area contributed by atoms with Crippen molar-refractivity contribution in [3.8, 4) is 11.4 Å². The van der Waals surface area contributed by atoms with Crippen LogP contribution in [0.25, 0.3) is 38.9 Å². The lowest BCUT2D eigenvalue weighted by atomic mass is 10.3. The molecule has 168 valence electrons. The fourth-order valence-electron chi connectivity index (χ4n) is 4.16. The van der Waals surface area contributed by atoms with Crippen molar-refractivity contribution in [2.24, 2.45) is 0 Å². The molecule has 0 atom stereocenters. The van der Waals surface area contributed by atoms with Crippen molar-refractivity contribution in [3.05, 3.63) is 64.7 Å². The second-order valence-electron chi connectivity index (χ2n) is 7.68. The Morgan fingerprint density at radius 3 is 2.30 bits per heavy atom. The summed E-state index contributed by atoms with van der Waals surface area (Å²) in [7, 11) is 1.62. The average molecular weight is 444 g/mol. The topological polar surface area (TPSA) is 84.1 Å². The van der Waals surface area contributed by atoms with Gasteiger partial charge in [0.15, 0.2) is 11.3 Å². The molecule has 2 aromatic carbocycles. The van der Waals surface area contributed by atoms with Crippen molar-refractivity contribution in [1.82, 2.24) is 24.1 Å². The van der Waals surface area contributed by atoms with Crippen LogP contribution >= 0.6 is 0 Å². The van der Waals surface area contributed by atoms with Gasteiger partial charge < -0.3 is 9.47 Å². The van der Waals surface area contributed by atoms with E-state index in [4.69, 9.17) is 24.4 Å². The zero-order valence-corrected chi connectivity index (χ0v) is 18.9. The third-order valence-electron chi connectivity index (χ3n) is 5.68. The lowest BCUT2D eigenvalue weighted by Gasteiger charge is -2.12. The monoisotopic (exact) mass is 443 g/mol. The Bertz CT molecular complexity index is 1520. The van der Waals surface area contributed by atoms with Gasteiger partial charge in [-0.25, -0.2) is 15.0 Å². The van der Waals surface area contributed by atoms with Gasteiger partial charge in [-0.05, 0) is 43.3 Å². The maximum absolute atomic E-state index is 13.7. The highest BCUT2D eigenvalue weighted by molar-refractivity contribution is 6.05. The molecule has 0 unspecified atom stereocenters. The summed E-state index contributed by atoms with van der Waals surface area (Å²) >= 11 is 0. The second kappa shape index (κ2) is 8.63. The van der Waals surface area contributed by atoms with Gasteiger partial charge in [0.25, 0.3) is 5.56 Å². The highest BCUT2D eigenvalue weighted by atomic mass is 16.5. The predicted molar refractivity (Wildman–Crippen MR) is 128 cm³/mol.